The van der Waals surface area contributed by atoms with E-state index < -0.39 is 0 Å². The lowest BCUT2D eigenvalue weighted by Gasteiger charge is -2.07. The molecule has 4 N–H and O–H groups in total. The van der Waals surface area contributed by atoms with Crippen molar-refractivity contribution in [1.29, 1.82) is 0 Å². The molecule has 0 fully saturated rings. The summed E-state index contributed by atoms with van der Waals surface area (Å²) in [6, 6.07) is 13.4. The Balaban J connectivity index is 2.23. The molecule has 2 rings (SSSR count). The van der Waals surface area contributed by atoms with E-state index in [2.05, 4.69) is 5.32 Å². The molecule has 0 saturated carbocycles. The SMILES string of the molecule is Nc1ccc(O)c(C(=O)Nc2ccccc2)c1. The van der Waals surface area contributed by atoms with Gasteiger partial charge in [-0.1, -0.05) is 18.2 Å². The van der Waals surface area contributed by atoms with Crippen molar-refractivity contribution >= 4 is 17.3 Å². The summed E-state index contributed by atoms with van der Waals surface area (Å²) in [7, 11) is 0. The van der Waals surface area contributed by atoms with Crippen LogP contribution in [0.15, 0.2) is 48.5 Å². The van der Waals surface area contributed by atoms with Gasteiger partial charge < -0.3 is 16.2 Å². The maximum Gasteiger partial charge on any atom is 0.259 e. The van der Waals surface area contributed by atoms with Crippen molar-refractivity contribution in [2.75, 3.05) is 11.1 Å². The summed E-state index contributed by atoms with van der Waals surface area (Å²) in [5, 5.41) is 12.2. The van der Waals surface area contributed by atoms with E-state index in [1.165, 1.54) is 18.2 Å². The zero-order chi connectivity index (χ0) is 12.3. The van der Waals surface area contributed by atoms with Crippen LogP contribution in [0.3, 0.4) is 0 Å². The van der Waals surface area contributed by atoms with Crippen LogP contribution in [-0.2, 0) is 0 Å². The van der Waals surface area contributed by atoms with E-state index in [1.807, 2.05) is 18.2 Å². The first-order chi connectivity index (χ1) is 8.16. The molecule has 0 radical (unpaired) electrons. The highest BCUT2D eigenvalue weighted by molar-refractivity contribution is 6.06. The number of carbonyl (C=O) groups excluding carboxylic acids is 1. The molecule has 0 aliphatic rings. The lowest BCUT2D eigenvalue weighted by Crippen LogP contribution is -2.12. The molecule has 0 aliphatic carbocycles. The number of aromatic hydroxyl groups is 1. The molecule has 0 saturated heterocycles. The van der Waals surface area contributed by atoms with Gasteiger partial charge in [0.1, 0.15) is 5.75 Å². The highest BCUT2D eigenvalue weighted by Gasteiger charge is 2.11. The zero-order valence-electron chi connectivity index (χ0n) is 9.05. The number of para-hydroxylation sites is 1. The molecule has 2 aromatic rings. The monoisotopic (exact) mass is 228 g/mol. The summed E-state index contributed by atoms with van der Waals surface area (Å²) in [4.78, 5) is 11.9. The molecular weight excluding hydrogens is 216 g/mol. The first-order valence-electron chi connectivity index (χ1n) is 5.12. The largest absolute Gasteiger partial charge is 0.507 e. The summed E-state index contributed by atoms with van der Waals surface area (Å²) in [5.41, 5.74) is 6.83. The third kappa shape index (κ3) is 2.55. The van der Waals surface area contributed by atoms with Crippen molar-refractivity contribution in [1.82, 2.24) is 0 Å². The first kappa shape index (κ1) is 11.0. The Labute approximate surface area is 98.7 Å². The van der Waals surface area contributed by atoms with Crippen LogP contribution in [0, 0.1) is 0 Å². The van der Waals surface area contributed by atoms with Crippen molar-refractivity contribution in [3.8, 4) is 5.75 Å². The van der Waals surface area contributed by atoms with Gasteiger partial charge in [-0.2, -0.15) is 0 Å². The van der Waals surface area contributed by atoms with E-state index in [-0.39, 0.29) is 17.2 Å². The third-order valence-electron chi connectivity index (χ3n) is 2.30. The van der Waals surface area contributed by atoms with E-state index in [1.54, 1.807) is 12.1 Å². The molecule has 0 bridgehead atoms. The van der Waals surface area contributed by atoms with Crippen LogP contribution in [0.2, 0.25) is 0 Å². The highest BCUT2D eigenvalue weighted by atomic mass is 16.3. The lowest BCUT2D eigenvalue weighted by molar-refractivity contribution is 0.102. The van der Waals surface area contributed by atoms with Gasteiger partial charge in [0, 0.05) is 11.4 Å². The van der Waals surface area contributed by atoms with Crippen LogP contribution >= 0.6 is 0 Å². The Morgan fingerprint density at radius 3 is 2.53 bits per heavy atom. The van der Waals surface area contributed by atoms with Crippen LogP contribution in [0.25, 0.3) is 0 Å². The van der Waals surface area contributed by atoms with Crippen molar-refractivity contribution in [3.05, 3.63) is 54.1 Å². The predicted octanol–water partition coefficient (Wildman–Crippen LogP) is 2.23. The molecule has 86 valence electrons. The number of phenols is 1. The topological polar surface area (TPSA) is 75.3 Å². The van der Waals surface area contributed by atoms with Crippen LogP contribution < -0.4 is 11.1 Å². The van der Waals surface area contributed by atoms with Crippen molar-refractivity contribution in [2.24, 2.45) is 0 Å². The van der Waals surface area contributed by atoms with E-state index in [0.29, 0.717) is 11.4 Å². The van der Waals surface area contributed by atoms with E-state index in [9.17, 15) is 9.90 Å². The minimum absolute atomic E-state index is 0.0902. The molecule has 0 spiro atoms. The lowest BCUT2D eigenvalue weighted by atomic mass is 10.1. The minimum Gasteiger partial charge on any atom is -0.507 e. The molecule has 0 aromatic heterocycles. The van der Waals surface area contributed by atoms with Crippen molar-refractivity contribution < 1.29 is 9.90 Å². The number of hydrogen-bond acceptors (Lipinski definition) is 3. The fourth-order valence-corrected chi connectivity index (χ4v) is 1.46. The molecule has 0 heterocycles. The highest BCUT2D eigenvalue weighted by Crippen LogP contribution is 2.21. The Morgan fingerprint density at radius 2 is 1.82 bits per heavy atom. The first-order valence-corrected chi connectivity index (χ1v) is 5.12. The van der Waals surface area contributed by atoms with Gasteiger partial charge in [-0.3, -0.25) is 4.79 Å². The summed E-state index contributed by atoms with van der Waals surface area (Å²) in [6.45, 7) is 0. The average molecular weight is 228 g/mol. The molecule has 0 aliphatic heterocycles. The molecule has 1 amide bonds. The van der Waals surface area contributed by atoms with Gasteiger partial charge in [0.15, 0.2) is 0 Å². The summed E-state index contributed by atoms with van der Waals surface area (Å²) >= 11 is 0. The van der Waals surface area contributed by atoms with Gasteiger partial charge in [-0.25, -0.2) is 0 Å². The Kier molecular flexibility index (Phi) is 2.96. The number of nitrogens with two attached hydrogens (primary N) is 1. The number of anilines is 2. The maximum absolute atomic E-state index is 11.9. The molecule has 2 aromatic carbocycles. The van der Waals surface area contributed by atoms with Crippen molar-refractivity contribution in [3.63, 3.8) is 0 Å². The van der Waals surface area contributed by atoms with E-state index >= 15 is 0 Å². The fraction of sp³-hybridized carbons (Fsp3) is 0. The van der Waals surface area contributed by atoms with Crippen LogP contribution in [0.1, 0.15) is 10.4 Å². The molecule has 4 heteroatoms. The van der Waals surface area contributed by atoms with Gasteiger partial charge in [-0.05, 0) is 30.3 Å². The summed E-state index contributed by atoms with van der Waals surface area (Å²) in [6.07, 6.45) is 0. The predicted molar refractivity (Wildman–Crippen MR) is 66.9 cm³/mol. The quantitative estimate of drug-likeness (QED) is 0.545. The number of nitrogen functional groups attached to an aromatic ring is 1. The van der Waals surface area contributed by atoms with E-state index in [0.717, 1.165) is 0 Å². The number of hydrogen-bond donors (Lipinski definition) is 3. The average Bonchev–Trinajstić information content (AvgIpc) is 2.33. The van der Waals surface area contributed by atoms with Crippen LogP contribution in [-0.4, -0.2) is 11.0 Å². The second-order valence-electron chi connectivity index (χ2n) is 3.60. The summed E-state index contributed by atoms with van der Waals surface area (Å²) in [5.74, 6) is -0.478. The number of carbonyl (C=O) groups is 1. The van der Waals surface area contributed by atoms with Gasteiger partial charge in [-0.15, -0.1) is 0 Å². The molecule has 0 atom stereocenters. The Hall–Kier alpha value is -2.49. The third-order valence-corrected chi connectivity index (χ3v) is 2.30. The van der Waals surface area contributed by atoms with Crippen LogP contribution in [0.4, 0.5) is 11.4 Å². The second-order valence-corrected chi connectivity index (χ2v) is 3.60. The Bertz CT molecular complexity index is 538. The molecule has 17 heavy (non-hydrogen) atoms. The number of rotatable bonds is 2. The Morgan fingerprint density at radius 1 is 1.12 bits per heavy atom. The minimum atomic E-state index is -0.388. The molecular formula is C13H12N2O2. The van der Waals surface area contributed by atoms with Crippen LogP contribution in [0.5, 0.6) is 5.75 Å². The van der Waals surface area contributed by atoms with Gasteiger partial charge in [0.05, 0.1) is 5.56 Å². The number of nitrogens with one attached hydrogen (secondary N) is 1. The zero-order valence-corrected chi connectivity index (χ0v) is 9.05. The molecule has 0 unspecified atom stereocenters. The second kappa shape index (κ2) is 4.57. The smallest absolute Gasteiger partial charge is 0.259 e. The van der Waals surface area contributed by atoms with Gasteiger partial charge in [0.25, 0.3) is 5.91 Å². The fourth-order valence-electron chi connectivity index (χ4n) is 1.46. The number of benzene rings is 2. The maximum atomic E-state index is 11.9. The van der Waals surface area contributed by atoms with Gasteiger partial charge >= 0.3 is 0 Å². The standard InChI is InChI=1S/C13H12N2O2/c14-9-6-7-12(16)11(8-9)13(17)15-10-4-2-1-3-5-10/h1-8,16H,14H2,(H,15,17). The van der Waals surface area contributed by atoms with Crippen molar-refractivity contribution in [2.45, 2.75) is 0 Å². The number of phenolic OH excluding ortho intramolecular Hbond substituents is 1. The number of amides is 1. The molecule has 4 nitrogen and oxygen atoms in total. The normalized spacial score (nSPS) is 9.88. The summed E-state index contributed by atoms with van der Waals surface area (Å²) < 4.78 is 0. The van der Waals surface area contributed by atoms with E-state index in [4.69, 9.17) is 5.73 Å². The van der Waals surface area contributed by atoms with Gasteiger partial charge in [0.2, 0.25) is 0 Å².